The molecule has 1 saturated carbocycles. The number of ether oxygens (including phenoxy) is 6. The van der Waals surface area contributed by atoms with Gasteiger partial charge in [0.1, 0.15) is 5.75 Å². The predicted octanol–water partition coefficient (Wildman–Crippen LogP) is 6.31. The first-order valence-electron chi connectivity index (χ1n) is 18.0. The minimum atomic E-state index is -1.34. The van der Waals surface area contributed by atoms with E-state index in [1.165, 1.54) is 7.11 Å². The molecule has 2 aliphatic heterocycles. The third kappa shape index (κ3) is 10.9. The second kappa shape index (κ2) is 19.8. The molecule has 48 heavy (non-hydrogen) atoms. The van der Waals surface area contributed by atoms with Gasteiger partial charge in [-0.15, -0.1) is 0 Å². The molecule has 2 heterocycles. The van der Waals surface area contributed by atoms with E-state index in [9.17, 15) is 9.90 Å². The molecule has 0 amide bonds. The first-order valence-corrected chi connectivity index (χ1v) is 19.7. The van der Waals surface area contributed by atoms with Crippen LogP contribution in [-0.4, -0.2) is 82.3 Å². The molecule has 5 rings (SSSR count). The zero-order chi connectivity index (χ0) is 33.4. The standard InChI is InChI=1S/C39H54O8Se/c1-42-38(41)39(47-37-24-12-15-29-45-37,48-32-19-6-3-7-20-32)35(46-36-23-11-14-28-44-36)22-9-8-21-33-30(25-26-34(33)40)16-10-13-27-43-31-17-4-2-5-18-31/h2-7,10,16-20,30,33-37,40H,8-9,11-15,21-29H2,1H3/t30-,33+,34-,35?,36?,37?,39?/m0/s1. The molecule has 0 aromatic heterocycles. The van der Waals surface area contributed by atoms with Gasteiger partial charge in [0.25, 0.3) is 0 Å². The number of methoxy groups -OCH3 is 1. The fraction of sp³-hybridized carbons (Fsp3) is 0.615. The Kier molecular flexibility index (Phi) is 15.3. The van der Waals surface area contributed by atoms with Gasteiger partial charge in [-0.05, 0) is 12.1 Å². The SMILES string of the molecule is COC(=O)C(OC1CCCCO1)([Se]c1ccccc1)C(CCCC[C@H]1[C@@H](O)CC[C@@H]1C=CCCOc1ccccc1)OC1CCCCO1. The van der Waals surface area contributed by atoms with Gasteiger partial charge < -0.3 is 4.74 Å². The van der Waals surface area contributed by atoms with Gasteiger partial charge >= 0.3 is 253 Å². The van der Waals surface area contributed by atoms with E-state index >= 15 is 0 Å². The van der Waals surface area contributed by atoms with Gasteiger partial charge in [-0.2, -0.15) is 0 Å². The van der Waals surface area contributed by atoms with Crippen molar-refractivity contribution in [3.05, 3.63) is 72.8 Å². The van der Waals surface area contributed by atoms with Crippen LogP contribution in [0.3, 0.4) is 0 Å². The number of unbranched alkanes of at least 4 members (excludes halogenated alkanes) is 1. The monoisotopic (exact) mass is 730 g/mol. The van der Waals surface area contributed by atoms with E-state index < -0.39 is 44.1 Å². The Morgan fingerprint density at radius 3 is 2.33 bits per heavy atom. The van der Waals surface area contributed by atoms with Crippen molar-refractivity contribution >= 4 is 25.4 Å². The number of hydrogen-bond acceptors (Lipinski definition) is 8. The molecule has 264 valence electrons. The van der Waals surface area contributed by atoms with Crippen molar-refractivity contribution in [3.8, 4) is 5.75 Å². The fourth-order valence-electron chi connectivity index (χ4n) is 7.01. The molecule has 0 radical (unpaired) electrons. The minimum absolute atomic E-state index is 0.211. The summed E-state index contributed by atoms with van der Waals surface area (Å²) in [5.41, 5.74) is 0. The summed E-state index contributed by atoms with van der Waals surface area (Å²) >= 11 is -0.469. The second-order valence-electron chi connectivity index (χ2n) is 13.0. The number of esters is 1. The normalized spacial score (nSPS) is 26.6. The van der Waals surface area contributed by atoms with Crippen molar-refractivity contribution in [2.24, 2.45) is 11.8 Å². The number of aliphatic hydroxyl groups excluding tert-OH is 1. The maximum atomic E-state index is 14.0. The molecule has 8 nitrogen and oxygen atoms in total. The van der Waals surface area contributed by atoms with Gasteiger partial charge in [-0.25, -0.2) is 0 Å². The number of aliphatic hydroxyl groups is 1. The molecule has 2 aromatic carbocycles. The summed E-state index contributed by atoms with van der Waals surface area (Å²) < 4.78 is 36.7. The molecule has 4 unspecified atom stereocenters. The van der Waals surface area contributed by atoms with E-state index in [1.807, 2.05) is 60.7 Å². The van der Waals surface area contributed by atoms with E-state index in [0.717, 1.165) is 87.3 Å². The molecular formula is C39H54O8Se. The molecule has 2 saturated heterocycles. The molecule has 1 aliphatic carbocycles. The third-order valence-corrected chi connectivity index (χ3v) is 12.4. The Labute approximate surface area is 293 Å². The van der Waals surface area contributed by atoms with Gasteiger partial charge in [-0.1, -0.05) is 18.2 Å². The van der Waals surface area contributed by atoms with Crippen LogP contribution in [0.5, 0.6) is 5.75 Å². The van der Waals surface area contributed by atoms with Crippen molar-refractivity contribution in [2.45, 2.75) is 113 Å². The summed E-state index contributed by atoms with van der Waals surface area (Å²) in [6.07, 6.45) is 14.1. The zero-order valence-electron chi connectivity index (χ0n) is 28.4. The first-order chi connectivity index (χ1) is 23.6. The number of rotatable bonds is 18. The topological polar surface area (TPSA) is 92.7 Å². The molecule has 7 atom stereocenters. The van der Waals surface area contributed by atoms with E-state index in [0.29, 0.717) is 32.2 Å². The molecule has 9 heteroatoms. The quantitative estimate of drug-likeness (QED) is 0.0827. The summed E-state index contributed by atoms with van der Waals surface area (Å²) in [5.74, 6) is 1.02. The summed E-state index contributed by atoms with van der Waals surface area (Å²) in [6, 6.07) is 19.9. The molecule has 2 aromatic rings. The Morgan fingerprint density at radius 1 is 0.938 bits per heavy atom. The van der Waals surface area contributed by atoms with Crippen molar-refractivity contribution in [2.75, 3.05) is 26.9 Å². The zero-order valence-corrected chi connectivity index (χ0v) is 30.1. The van der Waals surface area contributed by atoms with E-state index in [-0.39, 0.29) is 12.0 Å². The molecule has 3 aliphatic rings. The van der Waals surface area contributed by atoms with Crippen LogP contribution in [0.4, 0.5) is 0 Å². The maximum absolute atomic E-state index is 14.0. The van der Waals surface area contributed by atoms with Gasteiger partial charge in [0.05, 0.1) is 0 Å². The predicted molar refractivity (Wildman–Crippen MR) is 186 cm³/mol. The molecule has 3 fully saturated rings. The van der Waals surface area contributed by atoms with Crippen molar-refractivity contribution in [3.63, 3.8) is 0 Å². The fourth-order valence-corrected chi connectivity index (χ4v) is 9.67. The Hall–Kier alpha value is -2.23. The second-order valence-corrected chi connectivity index (χ2v) is 15.7. The Bertz CT molecular complexity index is 1220. The van der Waals surface area contributed by atoms with Crippen LogP contribution in [0.25, 0.3) is 0 Å². The van der Waals surface area contributed by atoms with Crippen LogP contribution in [-0.2, 0) is 28.5 Å². The van der Waals surface area contributed by atoms with Gasteiger partial charge in [0.2, 0.25) is 0 Å². The van der Waals surface area contributed by atoms with Gasteiger partial charge in [-0.3, -0.25) is 0 Å². The Balaban J connectivity index is 1.26. The number of carbonyl (C=O) groups is 1. The van der Waals surface area contributed by atoms with E-state index in [1.54, 1.807) is 0 Å². The summed E-state index contributed by atoms with van der Waals surface area (Å²) in [4.78, 5) is 14.0. The summed E-state index contributed by atoms with van der Waals surface area (Å²) in [7, 11) is 1.43. The van der Waals surface area contributed by atoms with Crippen LogP contribution in [0.2, 0.25) is 0 Å². The number of allylic oxidation sites excluding steroid dienone is 1. The number of carbonyl (C=O) groups excluding carboxylic acids is 1. The van der Waals surface area contributed by atoms with Crippen molar-refractivity contribution in [1.29, 1.82) is 0 Å². The number of hydrogen-bond donors (Lipinski definition) is 1. The first kappa shape index (κ1) is 37.0. The van der Waals surface area contributed by atoms with E-state index in [4.69, 9.17) is 28.4 Å². The van der Waals surface area contributed by atoms with Crippen molar-refractivity contribution in [1.82, 2.24) is 0 Å². The van der Waals surface area contributed by atoms with Crippen molar-refractivity contribution < 1.29 is 38.3 Å². The molecule has 0 spiro atoms. The van der Waals surface area contributed by atoms with Crippen LogP contribution < -0.4 is 9.20 Å². The molecular weight excluding hydrogens is 675 g/mol. The van der Waals surface area contributed by atoms with Gasteiger partial charge in [0, 0.05) is 0 Å². The number of benzene rings is 2. The average Bonchev–Trinajstić information content (AvgIpc) is 3.48. The molecule has 1 N–H and O–H groups in total. The third-order valence-electron chi connectivity index (χ3n) is 9.58. The Morgan fingerprint density at radius 2 is 1.65 bits per heavy atom. The van der Waals surface area contributed by atoms with E-state index in [2.05, 4.69) is 12.2 Å². The summed E-state index contributed by atoms with van der Waals surface area (Å²) in [6.45, 7) is 1.88. The van der Waals surface area contributed by atoms with Crippen LogP contribution in [0.15, 0.2) is 72.8 Å². The van der Waals surface area contributed by atoms with Crippen LogP contribution in [0.1, 0.15) is 83.5 Å². The van der Waals surface area contributed by atoms with Crippen LogP contribution >= 0.6 is 0 Å². The van der Waals surface area contributed by atoms with Crippen LogP contribution in [0, 0.1) is 11.8 Å². The number of para-hydroxylation sites is 1. The molecule has 0 bridgehead atoms. The van der Waals surface area contributed by atoms with Gasteiger partial charge in [0.15, 0.2) is 0 Å². The average molecular weight is 730 g/mol. The summed E-state index contributed by atoms with van der Waals surface area (Å²) in [5, 5.41) is 10.9.